The second-order valence-electron chi connectivity index (χ2n) is 19.1. The van der Waals surface area contributed by atoms with E-state index in [-0.39, 0.29) is 60.9 Å². The summed E-state index contributed by atoms with van der Waals surface area (Å²) in [7, 11) is 0. The number of esters is 2. The molecule has 2 heterocycles. The van der Waals surface area contributed by atoms with Crippen molar-refractivity contribution in [1.29, 1.82) is 0 Å². The lowest BCUT2D eigenvalue weighted by molar-refractivity contribution is -0.154. The molecule has 0 bridgehead atoms. The number of ketones is 3. The molecular weight excluding hydrogens is 1000 g/mol. The van der Waals surface area contributed by atoms with Gasteiger partial charge < -0.3 is 24.5 Å². The molecule has 2 aromatic heterocycles. The predicted octanol–water partition coefficient (Wildman–Crippen LogP) is 12.7. The number of carbonyl (C=O) groups is 7. The van der Waals surface area contributed by atoms with Crippen molar-refractivity contribution < 1.29 is 53.2 Å². The molecule has 418 valence electrons. The zero-order valence-electron chi connectivity index (χ0n) is 46.6. The van der Waals surface area contributed by atoms with E-state index in [1.54, 1.807) is 32.9 Å². The van der Waals surface area contributed by atoms with Crippen molar-refractivity contribution in [3.8, 4) is 0 Å². The molecule has 0 saturated heterocycles. The first kappa shape index (κ1) is 64.7. The Balaban J connectivity index is 0.000000263. The average Bonchev–Trinajstić information content (AvgIpc) is 4.14. The van der Waals surface area contributed by atoms with Crippen LogP contribution in [0.2, 0.25) is 0 Å². The van der Waals surface area contributed by atoms with Crippen LogP contribution in [0.25, 0.3) is 0 Å². The van der Waals surface area contributed by atoms with Crippen molar-refractivity contribution in [1.82, 2.24) is 20.4 Å². The summed E-state index contributed by atoms with van der Waals surface area (Å²) in [6, 6.07) is 53.1. The summed E-state index contributed by atoms with van der Waals surface area (Å²) in [5.74, 6) is -2.62. The number of hydrogen-bond donors (Lipinski definition) is 4. The van der Waals surface area contributed by atoms with Gasteiger partial charge in [-0.1, -0.05) is 186 Å². The number of aromatic carboxylic acids is 1. The van der Waals surface area contributed by atoms with Crippen molar-refractivity contribution in [2.45, 2.75) is 124 Å². The SMILES string of the molecule is CC(=O)CC(C)c1ccccc1.CC(CC(=O)O)c1ccccc1.CC(Cc1cc(C(=O)O)n[nH]1)c1ccccc1.CCOC(=O)C(=O)CC(=O)CC(C)c1ccccc1.CCOC(=O)c1cc(CC(C)c2ccccc2)[nH]n1. The van der Waals surface area contributed by atoms with Crippen molar-refractivity contribution in [2.24, 2.45) is 0 Å². The summed E-state index contributed by atoms with van der Waals surface area (Å²) in [5, 5.41) is 30.7. The third-order valence-electron chi connectivity index (χ3n) is 12.3. The first-order valence-corrected chi connectivity index (χ1v) is 26.5. The Hall–Kier alpha value is -8.59. The highest BCUT2D eigenvalue weighted by Gasteiger charge is 2.21. The van der Waals surface area contributed by atoms with Gasteiger partial charge in [0.05, 0.1) is 26.1 Å². The maximum Gasteiger partial charge on any atom is 0.375 e. The second kappa shape index (κ2) is 35.7. The minimum absolute atomic E-state index is 0.0312. The van der Waals surface area contributed by atoms with Crippen LogP contribution in [0.4, 0.5) is 0 Å². The molecule has 5 atom stereocenters. The monoisotopic (exact) mass is 1080 g/mol. The molecule has 15 nitrogen and oxygen atoms in total. The summed E-state index contributed by atoms with van der Waals surface area (Å²) in [5.41, 5.74) is 8.08. The van der Waals surface area contributed by atoms with Crippen LogP contribution in [-0.2, 0) is 46.3 Å². The fraction of sp³-hybridized carbons (Fsp3) is 0.328. The van der Waals surface area contributed by atoms with Crippen LogP contribution in [0.1, 0.15) is 171 Å². The van der Waals surface area contributed by atoms with E-state index in [0.717, 1.165) is 35.4 Å². The number of Topliss-reactive ketones (excluding diaryl/α,β-unsaturated/α-hetero) is 3. The third kappa shape index (κ3) is 25.4. The van der Waals surface area contributed by atoms with Crippen molar-refractivity contribution >= 4 is 41.2 Å². The molecule has 7 aromatic rings. The van der Waals surface area contributed by atoms with Crippen LogP contribution < -0.4 is 0 Å². The lowest BCUT2D eigenvalue weighted by atomic mass is 9.94. The van der Waals surface area contributed by atoms with Gasteiger partial charge in [-0.15, -0.1) is 0 Å². The maximum atomic E-state index is 11.7. The number of carboxylic acids is 2. The van der Waals surface area contributed by atoms with Crippen molar-refractivity contribution in [3.63, 3.8) is 0 Å². The smallest absolute Gasteiger partial charge is 0.375 e. The van der Waals surface area contributed by atoms with E-state index >= 15 is 0 Å². The van der Waals surface area contributed by atoms with Crippen LogP contribution in [0.15, 0.2) is 164 Å². The van der Waals surface area contributed by atoms with E-state index in [0.29, 0.717) is 36.5 Å². The molecule has 0 spiro atoms. The number of rotatable bonds is 22. The van der Waals surface area contributed by atoms with Gasteiger partial charge in [0, 0.05) is 24.2 Å². The fourth-order valence-corrected chi connectivity index (χ4v) is 8.08. The van der Waals surface area contributed by atoms with Crippen molar-refractivity contribution in [2.75, 3.05) is 13.2 Å². The van der Waals surface area contributed by atoms with Gasteiger partial charge in [0.25, 0.3) is 0 Å². The number of ether oxygens (including phenoxy) is 2. The predicted molar refractivity (Wildman–Crippen MR) is 305 cm³/mol. The second-order valence-corrected chi connectivity index (χ2v) is 19.1. The number of hydrogen-bond acceptors (Lipinski definition) is 11. The zero-order valence-corrected chi connectivity index (χ0v) is 46.6. The molecular formula is C64H76N4O11. The molecule has 0 aliphatic heterocycles. The number of aromatic amines is 2. The van der Waals surface area contributed by atoms with Gasteiger partial charge in [-0.3, -0.25) is 24.6 Å². The van der Waals surface area contributed by atoms with Gasteiger partial charge in [-0.2, -0.15) is 10.2 Å². The molecule has 79 heavy (non-hydrogen) atoms. The quantitative estimate of drug-likeness (QED) is 0.0281. The fourth-order valence-electron chi connectivity index (χ4n) is 8.08. The molecule has 0 aliphatic rings. The largest absolute Gasteiger partial charge is 0.481 e. The van der Waals surface area contributed by atoms with E-state index in [1.807, 2.05) is 129 Å². The zero-order chi connectivity index (χ0) is 58.1. The standard InChI is InChI=1S/C15H18N2O2.C15H18O4.C13H14N2O2.C11H14O.C10H12O2/c1-3-19-15(18)14-10-13(16-17-14)9-11(2)12-7-5-4-6-8-12;1-3-19-15(18)14(17)10-13(16)9-11(2)12-7-5-4-6-8-12;1-9(10-5-3-2-4-6-10)7-11-8-12(13(16)17)15-14-11;1-9(8-10(2)12)11-6-4-3-5-7-11;1-8(7-10(11)12)9-5-3-2-4-6-9/h4-8,10-11H,3,9H2,1-2H3,(H,16,17);4-8,11H,3,9-10H2,1-2H3;2-6,8-9H,7H2,1H3,(H,14,15)(H,16,17);3-7,9H,8H2,1-2H3;2-6,8H,7H2,1H3,(H,11,12). The van der Waals surface area contributed by atoms with Crippen molar-refractivity contribution in [3.05, 3.63) is 214 Å². The van der Waals surface area contributed by atoms with Crippen LogP contribution in [0, 0.1) is 0 Å². The van der Waals surface area contributed by atoms with Gasteiger partial charge in [-0.25, -0.2) is 14.4 Å². The number of carbonyl (C=O) groups excluding carboxylic acids is 5. The van der Waals surface area contributed by atoms with E-state index in [2.05, 4.69) is 82.3 Å². The highest BCUT2D eigenvalue weighted by atomic mass is 16.5. The number of nitrogens with zero attached hydrogens (tertiary/aromatic N) is 2. The van der Waals surface area contributed by atoms with E-state index in [9.17, 15) is 33.6 Å². The molecule has 4 N–H and O–H groups in total. The summed E-state index contributed by atoms with van der Waals surface area (Å²) < 4.78 is 9.46. The Morgan fingerprint density at radius 3 is 1.15 bits per heavy atom. The number of H-pyrrole nitrogens is 2. The normalized spacial score (nSPS) is 12.2. The lowest BCUT2D eigenvalue weighted by Gasteiger charge is -2.10. The Kier molecular flexibility index (Phi) is 29.2. The summed E-state index contributed by atoms with van der Waals surface area (Å²) >= 11 is 0. The van der Waals surface area contributed by atoms with Gasteiger partial charge in [-0.05, 0) is 103 Å². The molecule has 0 fully saturated rings. The highest BCUT2D eigenvalue weighted by molar-refractivity contribution is 6.37. The van der Waals surface area contributed by atoms with Crippen LogP contribution >= 0.6 is 0 Å². The number of carboxylic acid groups (broad SMARTS) is 2. The number of aromatic nitrogens is 4. The number of nitrogens with one attached hydrogen (secondary N) is 2. The van der Waals surface area contributed by atoms with E-state index in [4.69, 9.17) is 14.9 Å². The summed E-state index contributed by atoms with van der Waals surface area (Å²) in [4.78, 5) is 77.6. The minimum Gasteiger partial charge on any atom is -0.481 e. The van der Waals surface area contributed by atoms with Gasteiger partial charge in [0.15, 0.2) is 11.4 Å². The highest BCUT2D eigenvalue weighted by Crippen LogP contribution is 2.23. The molecule has 7 rings (SSSR count). The van der Waals surface area contributed by atoms with Gasteiger partial charge in [0.2, 0.25) is 5.78 Å². The Morgan fingerprint density at radius 2 is 0.810 bits per heavy atom. The Labute approximate surface area is 464 Å². The van der Waals surface area contributed by atoms with E-state index in [1.165, 1.54) is 16.7 Å². The third-order valence-corrected chi connectivity index (χ3v) is 12.3. The van der Waals surface area contributed by atoms with Gasteiger partial charge >= 0.3 is 23.9 Å². The number of aliphatic carboxylic acids is 1. The van der Waals surface area contributed by atoms with Gasteiger partial charge in [0.1, 0.15) is 11.6 Å². The molecule has 0 radical (unpaired) electrons. The summed E-state index contributed by atoms with van der Waals surface area (Å²) in [6.07, 6.45) is 2.28. The first-order valence-electron chi connectivity index (χ1n) is 26.5. The van der Waals surface area contributed by atoms with Crippen LogP contribution in [0.5, 0.6) is 0 Å². The van der Waals surface area contributed by atoms with Crippen LogP contribution in [-0.4, -0.2) is 85.0 Å². The Morgan fingerprint density at radius 1 is 0.468 bits per heavy atom. The molecule has 0 amide bonds. The Bertz CT molecular complexity index is 2850. The average molecular weight is 1080 g/mol. The molecule has 15 heteroatoms. The van der Waals surface area contributed by atoms with Crippen LogP contribution in [0.3, 0.4) is 0 Å². The topological polar surface area (TPSA) is 236 Å². The summed E-state index contributed by atoms with van der Waals surface area (Å²) in [6.45, 7) is 15.7. The first-order chi connectivity index (χ1) is 37.8. The maximum absolute atomic E-state index is 11.7. The van der Waals surface area contributed by atoms with E-state index < -0.39 is 23.7 Å². The molecule has 0 saturated carbocycles. The molecule has 5 aromatic carbocycles. The minimum atomic E-state index is -1.00. The number of benzene rings is 5. The lowest BCUT2D eigenvalue weighted by Crippen LogP contribution is -2.21. The molecule has 5 unspecified atom stereocenters. The molecule has 0 aliphatic carbocycles.